The van der Waals surface area contributed by atoms with Gasteiger partial charge in [-0.05, 0) is 25.6 Å². The van der Waals surface area contributed by atoms with Gasteiger partial charge in [0.25, 0.3) is 5.56 Å². The Hall–Kier alpha value is -2.58. The number of aromatic amines is 1. The highest BCUT2D eigenvalue weighted by Gasteiger charge is 2.27. The molecule has 1 amide bonds. The van der Waals surface area contributed by atoms with Gasteiger partial charge in [0.2, 0.25) is 5.91 Å². The first-order chi connectivity index (χ1) is 12.5. The maximum atomic E-state index is 12.6. The summed E-state index contributed by atoms with van der Waals surface area (Å²) in [6, 6.07) is 5.30. The first-order valence-electron chi connectivity index (χ1n) is 8.56. The fourth-order valence-corrected chi connectivity index (χ4v) is 2.99. The number of carbonyl (C=O) groups excluding carboxylic acids is 1. The molecular formula is C18H23N5O3. The Morgan fingerprint density at radius 3 is 3.08 bits per heavy atom. The normalized spacial score (nSPS) is 17.5. The fourth-order valence-electron chi connectivity index (χ4n) is 2.99. The Labute approximate surface area is 151 Å². The molecule has 3 heterocycles. The summed E-state index contributed by atoms with van der Waals surface area (Å²) in [5, 5.41) is 0. The minimum absolute atomic E-state index is 0.0275. The summed E-state index contributed by atoms with van der Waals surface area (Å²) in [4.78, 5) is 39.1. The van der Waals surface area contributed by atoms with Crippen LogP contribution >= 0.6 is 0 Å². The van der Waals surface area contributed by atoms with Crippen molar-refractivity contribution in [2.75, 3.05) is 33.3 Å². The average Bonchev–Trinajstić information content (AvgIpc) is 2.61. The van der Waals surface area contributed by atoms with Crippen molar-refractivity contribution in [1.29, 1.82) is 0 Å². The number of morpholine rings is 1. The molecule has 1 aliphatic rings. The van der Waals surface area contributed by atoms with Gasteiger partial charge in [0, 0.05) is 37.2 Å². The Morgan fingerprint density at radius 2 is 2.35 bits per heavy atom. The highest BCUT2D eigenvalue weighted by molar-refractivity contribution is 5.78. The predicted octanol–water partition coefficient (Wildman–Crippen LogP) is 0.505. The topological polar surface area (TPSA) is 91.4 Å². The van der Waals surface area contributed by atoms with Crippen LogP contribution in [0.25, 0.3) is 0 Å². The summed E-state index contributed by atoms with van der Waals surface area (Å²) in [6.45, 7) is 4.05. The molecule has 1 N–H and O–H groups in total. The molecule has 0 aliphatic carbocycles. The maximum absolute atomic E-state index is 12.6. The van der Waals surface area contributed by atoms with Crippen LogP contribution in [0.5, 0.6) is 0 Å². The summed E-state index contributed by atoms with van der Waals surface area (Å²) in [6.07, 6.45) is 3.11. The van der Waals surface area contributed by atoms with Crippen LogP contribution in [-0.2, 0) is 16.1 Å². The minimum atomic E-state index is -0.413. The first-order valence-corrected chi connectivity index (χ1v) is 8.56. The molecule has 8 nitrogen and oxygen atoms in total. The number of nitrogens with one attached hydrogen (secondary N) is 1. The molecule has 0 bridgehead atoms. The average molecular weight is 357 g/mol. The molecule has 1 aliphatic heterocycles. The van der Waals surface area contributed by atoms with Crippen LogP contribution in [-0.4, -0.2) is 63.9 Å². The third-order valence-electron chi connectivity index (χ3n) is 4.19. The van der Waals surface area contributed by atoms with Crippen molar-refractivity contribution in [3.8, 4) is 0 Å². The number of pyridine rings is 1. The second kappa shape index (κ2) is 8.20. The van der Waals surface area contributed by atoms with E-state index in [-0.39, 0.29) is 11.5 Å². The number of amides is 1. The van der Waals surface area contributed by atoms with Crippen LogP contribution in [0.3, 0.4) is 0 Å². The zero-order valence-electron chi connectivity index (χ0n) is 15.0. The zero-order valence-corrected chi connectivity index (χ0v) is 15.0. The number of hydrogen-bond acceptors (Lipinski definition) is 6. The van der Waals surface area contributed by atoms with Crippen LogP contribution in [0, 0.1) is 6.92 Å². The lowest BCUT2D eigenvalue weighted by Gasteiger charge is -2.33. The van der Waals surface area contributed by atoms with Crippen LogP contribution < -0.4 is 5.56 Å². The minimum Gasteiger partial charge on any atom is -0.367 e. The van der Waals surface area contributed by atoms with E-state index in [1.807, 2.05) is 24.1 Å². The predicted molar refractivity (Wildman–Crippen MR) is 95.4 cm³/mol. The Morgan fingerprint density at radius 1 is 1.50 bits per heavy atom. The van der Waals surface area contributed by atoms with Crippen LogP contribution in [0.15, 0.2) is 35.4 Å². The van der Waals surface area contributed by atoms with Gasteiger partial charge in [0.05, 0.1) is 19.7 Å². The summed E-state index contributed by atoms with van der Waals surface area (Å²) in [7, 11) is 1.91. The molecule has 1 atom stereocenters. The molecule has 2 aromatic rings. The van der Waals surface area contributed by atoms with Gasteiger partial charge in [0.15, 0.2) is 0 Å². The molecule has 1 fully saturated rings. The van der Waals surface area contributed by atoms with E-state index >= 15 is 0 Å². The number of nitrogens with zero attached hydrogens (tertiary/aromatic N) is 4. The zero-order chi connectivity index (χ0) is 18.5. The van der Waals surface area contributed by atoms with Crippen LogP contribution in [0.1, 0.15) is 23.2 Å². The lowest BCUT2D eigenvalue weighted by Crippen LogP contribution is -2.46. The lowest BCUT2D eigenvalue weighted by atomic mass is 10.2. The van der Waals surface area contributed by atoms with E-state index < -0.39 is 6.10 Å². The summed E-state index contributed by atoms with van der Waals surface area (Å²) in [5.74, 6) is 0.496. The van der Waals surface area contributed by atoms with Crippen molar-refractivity contribution in [2.24, 2.45) is 0 Å². The number of ether oxygens (including phenoxy) is 1. The second-order valence-corrected chi connectivity index (χ2v) is 6.50. The van der Waals surface area contributed by atoms with Crippen molar-refractivity contribution in [3.63, 3.8) is 0 Å². The number of H-pyrrole nitrogens is 1. The molecule has 0 aromatic carbocycles. The SMILES string of the molecule is Cc1cc(=O)[nH]c([C@@H]2CN(C(=O)CN(C)Cc3cccnc3)CCO2)n1. The Balaban J connectivity index is 1.60. The van der Waals surface area contributed by atoms with Crippen molar-refractivity contribution in [1.82, 2.24) is 24.8 Å². The fraction of sp³-hybridized carbons (Fsp3) is 0.444. The Bertz CT molecular complexity index is 808. The smallest absolute Gasteiger partial charge is 0.251 e. The molecule has 0 spiro atoms. The second-order valence-electron chi connectivity index (χ2n) is 6.50. The van der Waals surface area contributed by atoms with Gasteiger partial charge in [-0.3, -0.25) is 19.5 Å². The van der Waals surface area contributed by atoms with Gasteiger partial charge in [-0.25, -0.2) is 4.98 Å². The van der Waals surface area contributed by atoms with Gasteiger partial charge < -0.3 is 14.6 Å². The summed E-state index contributed by atoms with van der Waals surface area (Å²) in [5.41, 5.74) is 1.48. The highest BCUT2D eigenvalue weighted by atomic mass is 16.5. The molecule has 3 rings (SSSR count). The van der Waals surface area contributed by atoms with Crippen molar-refractivity contribution in [2.45, 2.75) is 19.6 Å². The van der Waals surface area contributed by atoms with E-state index in [0.29, 0.717) is 44.3 Å². The number of likely N-dealkylation sites (N-methyl/N-ethyl adjacent to an activating group) is 1. The van der Waals surface area contributed by atoms with Crippen molar-refractivity contribution >= 4 is 5.91 Å². The van der Waals surface area contributed by atoms with Gasteiger partial charge in [-0.1, -0.05) is 6.07 Å². The number of carbonyl (C=O) groups is 1. The number of aryl methyl sites for hydroxylation is 1. The van der Waals surface area contributed by atoms with E-state index in [0.717, 1.165) is 5.56 Å². The molecule has 0 unspecified atom stereocenters. The molecule has 138 valence electrons. The van der Waals surface area contributed by atoms with Gasteiger partial charge in [0.1, 0.15) is 11.9 Å². The van der Waals surface area contributed by atoms with Crippen molar-refractivity contribution in [3.05, 3.63) is 58.0 Å². The van der Waals surface area contributed by atoms with Crippen LogP contribution in [0.4, 0.5) is 0 Å². The quantitative estimate of drug-likeness (QED) is 0.838. The number of rotatable bonds is 5. The van der Waals surface area contributed by atoms with E-state index in [1.54, 1.807) is 24.2 Å². The first kappa shape index (κ1) is 18.2. The summed E-state index contributed by atoms with van der Waals surface area (Å²) >= 11 is 0. The number of aromatic nitrogens is 3. The van der Waals surface area contributed by atoms with Gasteiger partial charge >= 0.3 is 0 Å². The van der Waals surface area contributed by atoms with E-state index in [4.69, 9.17) is 4.74 Å². The molecule has 8 heteroatoms. The highest BCUT2D eigenvalue weighted by Crippen LogP contribution is 2.18. The van der Waals surface area contributed by atoms with Gasteiger partial charge in [-0.15, -0.1) is 0 Å². The summed E-state index contributed by atoms with van der Waals surface area (Å²) < 4.78 is 5.71. The van der Waals surface area contributed by atoms with E-state index in [1.165, 1.54) is 6.07 Å². The number of hydrogen-bond donors (Lipinski definition) is 1. The Kier molecular flexibility index (Phi) is 5.75. The monoisotopic (exact) mass is 357 g/mol. The standard InChI is InChI=1S/C18H23N5O3/c1-13-8-16(24)21-18(20-13)15-11-23(6-7-26-15)17(25)12-22(2)10-14-4-3-5-19-9-14/h3-5,8-9,15H,6-7,10-12H2,1-2H3,(H,20,21,24)/t15-/m0/s1. The molecule has 1 saturated heterocycles. The molecule has 2 aromatic heterocycles. The molecule has 0 radical (unpaired) electrons. The maximum Gasteiger partial charge on any atom is 0.251 e. The third-order valence-corrected chi connectivity index (χ3v) is 4.19. The molecule has 26 heavy (non-hydrogen) atoms. The molecular weight excluding hydrogens is 334 g/mol. The van der Waals surface area contributed by atoms with E-state index in [2.05, 4.69) is 15.0 Å². The third kappa shape index (κ3) is 4.74. The largest absolute Gasteiger partial charge is 0.367 e. The van der Waals surface area contributed by atoms with Crippen LogP contribution in [0.2, 0.25) is 0 Å². The van der Waals surface area contributed by atoms with E-state index in [9.17, 15) is 9.59 Å². The molecule has 0 saturated carbocycles. The van der Waals surface area contributed by atoms with Crippen molar-refractivity contribution < 1.29 is 9.53 Å². The lowest BCUT2D eigenvalue weighted by molar-refractivity contribution is -0.140. The van der Waals surface area contributed by atoms with Gasteiger partial charge in [-0.2, -0.15) is 0 Å².